The second-order valence-electron chi connectivity index (χ2n) is 19.2. The number of carboxylic acids is 1. The Labute approximate surface area is 373 Å². The van der Waals surface area contributed by atoms with Gasteiger partial charge in [-0.25, -0.2) is 10.7 Å². The molecule has 3 saturated carbocycles. The molecule has 3 heterocycles. The zero-order valence-electron chi connectivity index (χ0n) is 38.8. The van der Waals surface area contributed by atoms with Gasteiger partial charge >= 0.3 is 5.97 Å². The molecule has 3 aliphatic heterocycles. The third-order valence-corrected chi connectivity index (χ3v) is 14.9. The normalized spacial score (nSPS) is 25.7. The third-order valence-electron chi connectivity index (χ3n) is 14.9. The maximum atomic E-state index is 14.7. The van der Waals surface area contributed by atoms with E-state index in [1.807, 2.05) is 62.9 Å². The van der Waals surface area contributed by atoms with E-state index >= 15 is 0 Å². The molecule has 16 heteroatoms. The van der Waals surface area contributed by atoms with Crippen molar-refractivity contribution >= 4 is 35.5 Å². The van der Waals surface area contributed by atoms with E-state index < -0.39 is 60.2 Å². The minimum absolute atomic E-state index is 0.0164. The van der Waals surface area contributed by atoms with Crippen molar-refractivity contribution in [2.75, 3.05) is 34.4 Å². The largest absolute Gasteiger partial charge is 0.480 e. The van der Waals surface area contributed by atoms with Crippen LogP contribution in [-0.2, 0) is 49.5 Å². The average Bonchev–Trinajstić information content (AvgIpc) is 4.08. The molecule has 0 unspecified atom stereocenters. The molecule has 0 spiro atoms. The van der Waals surface area contributed by atoms with Gasteiger partial charge in [-0.15, -0.1) is 0 Å². The fourth-order valence-electron chi connectivity index (χ4n) is 11.4. The van der Waals surface area contributed by atoms with Gasteiger partial charge in [-0.3, -0.25) is 24.0 Å². The summed E-state index contributed by atoms with van der Waals surface area (Å²) in [5, 5.41) is 15.7. The number of methoxy groups -OCH3 is 2. The predicted octanol–water partition coefficient (Wildman–Crippen LogP) is 3.83. The van der Waals surface area contributed by atoms with Crippen LogP contribution in [0.2, 0.25) is 0 Å². The van der Waals surface area contributed by atoms with Crippen molar-refractivity contribution in [2.24, 2.45) is 29.1 Å². The number of ether oxygens (including phenoxy) is 2. The molecular weight excluding hydrogens is 809 g/mol. The maximum absolute atomic E-state index is 14.7. The van der Waals surface area contributed by atoms with Gasteiger partial charge in [0.2, 0.25) is 29.5 Å². The number of carbonyl (C=O) groups is 6. The van der Waals surface area contributed by atoms with Crippen molar-refractivity contribution in [2.45, 2.75) is 166 Å². The number of fused-ring (bicyclic) bond motifs is 2. The Morgan fingerprint density at radius 2 is 1.65 bits per heavy atom. The summed E-state index contributed by atoms with van der Waals surface area (Å²) in [5.41, 5.74) is 0.240. The molecule has 6 aliphatic rings. The Morgan fingerprint density at radius 3 is 2.25 bits per heavy atom. The van der Waals surface area contributed by atoms with E-state index in [2.05, 4.69) is 15.5 Å². The number of carboxylic acid groups (broad SMARTS) is 1. The minimum Gasteiger partial charge on any atom is -0.480 e. The van der Waals surface area contributed by atoms with E-state index in [1.165, 1.54) is 14.2 Å². The maximum Gasteiger partial charge on any atom is 0.326 e. The molecule has 3 aliphatic carbocycles. The lowest BCUT2D eigenvalue weighted by Crippen LogP contribution is -2.60. The first-order valence-electron chi connectivity index (χ1n) is 23.1. The standard InChI is InChI=1S/C47H74N6O10/c1-9-30(4)39(51(6)44(58)38(29(2)3)50-43(57)41-46-21-22-47(27-46,28-46)53(41)36(54)20-14-11-15-24-63-48)35(61-7)26-37(55)52-23-16-19-34(52)40(62-8)31(5)42(56)49-33(45(59)60)25-32-17-12-10-13-18-32/h10,12-13,17-18,29-31,33-35,38-41H,9,11,14-16,19-28,48H2,1-8H3,(H,49,56)(H,50,57)(H,59,60)/t30-,31+,33-,34-,35+,38-,39-,40+,41+,46?,47?/m0/s1. The second-order valence-corrected chi connectivity index (χ2v) is 19.2. The van der Waals surface area contributed by atoms with Crippen molar-refractivity contribution in [1.82, 2.24) is 25.3 Å². The highest BCUT2D eigenvalue weighted by molar-refractivity contribution is 5.95. The number of nitrogens with one attached hydrogen (secondary N) is 2. The van der Waals surface area contributed by atoms with Crippen LogP contribution in [0.5, 0.6) is 0 Å². The lowest BCUT2D eigenvalue weighted by molar-refractivity contribution is -0.149. The van der Waals surface area contributed by atoms with Crippen LogP contribution in [0.1, 0.15) is 117 Å². The summed E-state index contributed by atoms with van der Waals surface area (Å²) in [5.74, 6) is 1.57. The summed E-state index contributed by atoms with van der Waals surface area (Å²) in [7, 11) is 4.73. The Kier molecular flexibility index (Phi) is 17.2. The van der Waals surface area contributed by atoms with E-state index in [9.17, 15) is 33.9 Å². The van der Waals surface area contributed by atoms with Crippen molar-refractivity contribution in [3.8, 4) is 0 Å². The lowest BCUT2D eigenvalue weighted by Gasteiger charge is -2.41. The summed E-state index contributed by atoms with van der Waals surface area (Å²) in [6.07, 6.45) is 6.61. The molecule has 3 saturated heterocycles. The summed E-state index contributed by atoms with van der Waals surface area (Å²) in [6, 6.07) is 5.45. The van der Waals surface area contributed by atoms with Crippen LogP contribution in [0, 0.1) is 23.2 Å². The number of aliphatic carboxylic acids is 1. The summed E-state index contributed by atoms with van der Waals surface area (Å²) in [4.78, 5) is 92.8. The molecule has 352 valence electrons. The Morgan fingerprint density at radius 1 is 0.952 bits per heavy atom. The topological polar surface area (TPSA) is 210 Å². The lowest BCUT2D eigenvalue weighted by atomic mass is 9.67. The molecule has 63 heavy (non-hydrogen) atoms. The van der Waals surface area contributed by atoms with Crippen molar-refractivity contribution in [3.63, 3.8) is 0 Å². The smallest absolute Gasteiger partial charge is 0.326 e. The van der Waals surface area contributed by atoms with Gasteiger partial charge < -0.3 is 44.8 Å². The third kappa shape index (κ3) is 10.7. The van der Waals surface area contributed by atoms with Crippen LogP contribution < -0.4 is 16.5 Å². The molecule has 5 amide bonds. The zero-order valence-corrected chi connectivity index (χ0v) is 38.8. The Bertz CT molecular complexity index is 1760. The number of unbranched alkanes of at least 4 members (excludes halogenated alkanes) is 2. The molecule has 9 atom stereocenters. The number of rotatable bonds is 25. The van der Waals surface area contributed by atoms with Gasteiger partial charge in [-0.2, -0.15) is 0 Å². The Hall–Kier alpha value is -4.12. The molecule has 6 fully saturated rings. The quantitative estimate of drug-likeness (QED) is 0.0820. The van der Waals surface area contributed by atoms with E-state index in [1.54, 1.807) is 23.8 Å². The van der Waals surface area contributed by atoms with Crippen molar-refractivity contribution in [1.29, 1.82) is 0 Å². The average molecular weight is 883 g/mol. The minimum atomic E-state index is -1.15. The summed E-state index contributed by atoms with van der Waals surface area (Å²) in [6.45, 7) is 10.4. The molecule has 7 rings (SSSR count). The summed E-state index contributed by atoms with van der Waals surface area (Å²) < 4.78 is 12.0. The van der Waals surface area contributed by atoms with Gasteiger partial charge in [0.15, 0.2) is 0 Å². The first kappa shape index (κ1) is 49.9. The number of piperidine rings is 1. The highest BCUT2D eigenvalue weighted by atomic mass is 16.6. The predicted molar refractivity (Wildman–Crippen MR) is 235 cm³/mol. The number of hydrogen-bond donors (Lipinski definition) is 4. The highest BCUT2D eigenvalue weighted by Crippen LogP contribution is 2.73. The van der Waals surface area contributed by atoms with E-state index in [0.29, 0.717) is 45.3 Å². The van der Waals surface area contributed by atoms with Crippen LogP contribution in [0.3, 0.4) is 0 Å². The highest BCUT2D eigenvalue weighted by Gasteiger charge is 2.77. The number of nitrogens with two attached hydrogens (primary N) is 1. The van der Waals surface area contributed by atoms with Gasteiger partial charge in [0.25, 0.3) is 0 Å². The van der Waals surface area contributed by atoms with Crippen LogP contribution in [-0.4, -0.2) is 138 Å². The fraction of sp³-hybridized carbons (Fsp3) is 0.745. The van der Waals surface area contributed by atoms with Gasteiger partial charge in [0.1, 0.15) is 18.1 Å². The number of likely N-dealkylation sites (N-methyl/N-ethyl adjacent to an activating group) is 1. The number of likely N-dealkylation sites (tertiary alicyclic amines) is 1. The van der Waals surface area contributed by atoms with Gasteiger partial charge in [-0.1, -0.05) is 77.8 Å². The van der Waals surface area contributed by atoms with Crippen molar-refractivity contribution < 1.29 is 48.2 Å². The van der Waals surface area contributed by atoms with Crippen LogP contribution in [0.4, 0.5) is 0 Å². The Balaban J connectivity index is 1.26. The van der Waals surface area contributed by atoms with E-state index in [0.717, 1.165) is 44.1 Å². The molecule has 1 aromatic rings. The number of nitrogens with zero attached hydrogens (tertiary/aromatic N) is 3. The van der Waals surface area contributed by atoms with E-state index in [4.69, 9.17) is 15.4 Å². The van der Waals surface area contributed by atoms with Gasteiger partial charge in [0.05, 0.1) is 43.2 Å². The van der Waals surface area contributed by atoms with Gasteiger partial charge in [0, 0.05) is 51.6 Å². The zero-order chi connectivity index (χ0) is 46.2. The van der Waals surface area contributed by atoms with Crippen LogP contribution in [0.15, 0.2) is 30.3 Å². The number of hydrogen-bond acceptors (Lipinski definition) is 10. The fourth-order valence-corrected chi connectivity index (χ4v) is 11.4. The molecule has 2 bridgehead atoms. The molecule has 1 aromatic carbocycles. The monoisotopic (exact) mass is 883 g/mol. The molecular formula is C47H74N6O10. The molecule has 0 radical (unpaired) electrons. The molecule has 0 aromatic heterocycles. The van der Waals surface area contributed by atoms with Gasteiger partial charge in [-0.05, 0) is 68.8 Å². The van der Waals surface area contributed by atoms with E-state index in [-0.39, 0.29) is 59.3 Å². The number of carbonyl (C=O) groups excluding carboxylic acids is 5. The summed E-state index contributed by atoms with van der Waals surface area (Å²) >= 11 is 0. The number of benzene rings is 1. The first-order valence-corrected chi connectivity index (χ1v) is 23.1. The first-order chi connectivity index (χ1) is 30.0. The van der Waals surface area contributed by atoms with Crippen LogP contribution in [0.25, 0.3) is 0 Å². The van der Waals surface area contributed by atoms with Crippen molar-refractivity contribution in [3.05, 3.63) is 35.9 Å². The second kappa shape index (κ2) is 21.7. The molecule has 16 nitrogen and oxygen atoms in total. The van der Waals surface area contributed by atoms with Crippen LogP contribution >= 0.6 is 0 Å². The number of amides is 5. The molecule has 5 N–H and O–H groups in total. The SMILES string of the molecule is CC[C@H](C)[C@@H]([C@@H](CC(=O)N1CCC[C@H]1[C@H](OC)[C@@H](C)C(=O)N[C@@H](Cc1ccccc1)C(=O)O)OC)N(C)C(=O)[C@@H](NC(=O)[C@H]1N(C(=O)CCCCCON)C23CCC1(C2)C3)C(C)C.